The highest BCUT2D eigenvalue weighted by Gasteiger charge is 2.28. The van der Waals surface area contributed by atoms with E-state index >= 15 is 0 Å². The van der Waals surface area contributed by atoms with Crippen LogP contribution in [0.25, 0.3) is 17.4 Å². The lowest BCUT2D eigenvalue weighted by atomic mass is 10.1. The van der Waals surface area contributed by atoms with Crippen LogP contribution in [-0.2, 0) is 14.3 Å². The van der Waals surface area contributed by atoms with E-state index in [1.54, 1.807) is 43.3 Å². The number of urea groups is 1. The molecule has 8 nitrogen and oxygen atoms in total. The summed E-state index contributed by atoms with van der Waals surface area (Å²) < 4.78 is 10.6. The summed E-state index contributed by atoms with van der Waals surface area (Å²) in [5, 5.41) is 3.96. The van der Waals surface area contributed by atoms with Crippen LogP contribution in [0.1, 0.15) is 23.0 Å². The summed E-state index contributed by atoms with van der Waals surface area (Å²) in [5.41, 5.74) is 0.768. The first-order valence-electron chi connectivity index (χ1n) is 7.73. The third-order valence-corrected chi connectivity index (χ3v) is 3.51. The molecule has 4 amide bonds. The standard InChI is InChI=1S/C18H14N2O6/c1-2-25-17(23)11-5-3-4-10(8-11)14-7-6-12(26-14)9-13-15(21)19-18(24)20-16(13)22/h3-9H,2H2,1H3,(H2,19,20,21,22,24). The van der Waals surface area contributed by atoms with Crippen molar-refractivity contribution in [3.63, 3.8) is 0 Å². The van der Waals surface area contributed by atoms with Gasteiger partial charge in [0.25, 0.3) is 11.8 Å². The Labute approximate surface area is 147 Å². The Hall–Kier alpha value is -3.68. The molecular weight excluding hydrogens is 340 g/mol. The molecule has 132 valence electrons. The van der Waals surface area contributed by atoms with Gasteiger partial charge in [0, 0.05) is 5.56 Å². The van der Waals surface area contributed by atoms with Crippen LogP contribution in [0.3, 0.4) is 0 Å². The maximum absolute atomic E-state index is 11.8. The third-order valence-electron chi connectivity index (χ3n) is 3.51. The van der Waals surface area contributed by atoms with Gasteiger partial charge in [-0.2, -0.15) is 0 Å². The normalized spacial score (nSPS) is 13.9. The van der Waals surface area contributed by atoms with E-state index in [2.05, 4.69) is 0 Å². The van der Waals surface area contributed by atoms with Crippen LogP contribution in [0.2, 0.25) is 0 Å². The number of hydrogen-bond acceptors (Lipinski definition) is 6. The minimum atomic E-state index is -0.868. The Bertz CT molecular complexity index is 919. The van der Waals surface area contributed by atoms with E-state index < -0.39 is 23.8 Å². The second-order valence-electron chi connectivity index (χ2n) is 5.30. The summed E-state index contributed by atoms with van der Waals surface area (Å²) in [6.07, 6.45) is 1.23. The summed E-state index contributed by atoms with van der Waals surface area (Å²) >= 11 is 0. The van der Waals surface area contributed by atoms with Crippen molar-refractivity contribution in [2.75, 3.05) is 6.61 Å². The fourth-order valence-electron chi connectivity index (χ4n) is 2.35. The van der Waals surface area contributed by atoms with E-state index in [-0.39, 0.29) is 17.9 Å². The van der Waals surface area contributed by atoms with Gasteiger partial charge in [-0.1, -0.05) is 12.1 Å². The molecular formula is C18H14N2O6. The molecule has 0 atom stereocenters. The zero-order valence-electron chi connectivity index (χ0n) is 13.7. The van der Waals surface area contributed by atoms with Crippen LogP contribution >= 0.6 is 0 Å². The predicted molar refractivity (Wildman–Crippen MR) is 89.8 cm³/mol. The lowest BCUT2D eigenvalue weighted by molar-refractivity contribution is -0.123. The van der Waals surface area contributed by atoms with Gasteiger partial charge in [-0.25, -0.2) is 9.59 Å². The van der Waals surface area contributed by atoms with Gasteiger partial charge in [-0.15, -0.1) is 0 Å². The summed E-state index contributed by atoms with van der Waals surface area (Å²) in [6.45, 7) is 1.99. The predicted octanol–water partition coefficient (Wildman–Crippen LogP) is 1.87. The van der Waals surface area contributed by atoms with Gasteiger partial charge in [0.1, 0.15) is 17.1 Å². The zero-order chi connectivity index (χ0) is 18.7. The SMILES string of the molecule is CCOC(=O)c1cccc(-c2ccc(C=C3C(=O)NC(=O)NC3=O)o2)c1. The minimum absolute atomic E-state index is 0.245. The molecule has 1 aromatic heterocycles. The number of carbonyl (C=O) groups is 4. The van der Waals surface area contributed by atoms with Crippen LogP contribution in [0, 0.1) is 0 Å². The van der Waals surface area contributed by atoms with Crippen LogP contribution in [0.4, 0.5) is 4.79 Å². The number of furan rings is 1. The Morgan fingerprint density at radius 2 is 1.85 bits per heavy atom. The number of benzene rings is 1. The van der Waals surface area contributed by atoms with E-state index in [1.165, 1.54) is 6.08 Å². The van der Waals surface area contributed by atoms with Gasteiger partial charge >= 0.3 is 12.0 Å². The summed E-state index contributed by atoms with van der Waals surface area (Å²) in [7, 11) is 0. The quantitative estimate of drug-likeness (QED) is 0.492. The largest absolute Gasteiger partial charge is 0.462 e. The number of barbiturate groups is 1. The number of hydrogen-bond donors (Lipinski definition) is 2. The fourth-order valence-corrected chi connectivity index (χ4v) is 2.35. The van der Waals surface area contributed by atoms with Gasteiger partial charge < -0.3 is 9.15 Å². The van der Waals surface area contributed by atoms with Gasteiger partial charge in [-0.3, -0.25) is 20.2 Å². The van der Waals surface area contributed by atoms with E-state index in [0.29, 0.717) is 16.9 Å². The number of esters is 1. The second kappa shape index (κ2) is 7.06. The lowest BCUT2D eigenvalue weighted by Crippen LogP contribution is -2.51. The smallest absolute Gasteiger partial charge is 0.338 e. The van der Waals surface area contributed by atoms with Gasteiger partial charge in [0.05, 0.1) is 12.2 Å². The number of imide groups is 2. The molecule has 3 rings (SSSR count). The second-order valence-corrected chi connectivity index (χ2v) is 5.30. The molecule has 0 spiro atoms. The maximum Gasteiger partial charge on any atom is 0.338 e. The van der Waals surface area contributed by atoms with E-state index in [1.807, 2.05) is 10.6 Å². The van der Waals surface area contributed by atoms with Crippen molar-refractivity contribution < 1.29 is 28.3 Å². The molecule has 0 bridgehead atoms. The molecule has 0 unspecified atom stereocenters. The molecule has 26 heavy (non-hydrogen) atoms. The molecule has 1 aliphatic heterocycles. The number of ether oxygens (including phenoxy) is 1. The highest BCUT2D eigenvalue weighted by Crippen LogP contribution is 2.25. The van der Waals surface area contributed by atoms with E-state index in [4.69, 9.17) is 9.15 Å². The van der Waals surface area contributed by atoms with E-state index in [9.17, 15) is 19.2 Å². The van der Waals surface area contributed by atoms with Gasteiger partial charge in [0.2, 0.25) is 0 Å². The fraction of sp³-hybridized carbons (Fsp3) is 0.111. The Morgan fingerprint density at radius 1 is 1.12 bits per heavy atom. The summed E-state index contributed by atoms with van der Waals surface area (Å²) in [4.78, 5) is 46.3. The van der Waals surface area contributed by atoms with Crippen molar-refractivity contribution in [1.82, 2.24) is 10.6 Å². The van der Waals surface area contributed by atoms with Crippen molar-refractivity contribution >= 4 is 29.9 Å². The Balaban J connectivity index is 1.87. The molecule has 2 N–H and O–H groups in total. The van der Waals surface area contributed by atoms with Gasteiger partial charge in [-0.05, 0) is 37.3 Å². The first-order chi connectivity index (χ1) is 12.5. The van der Waals surface area contributed by atoms with Crippen molar-refractivity contribution in [3.05, 3.63) is 53.3 Å². The van der Waals surface area contributed by atoms with Crippen molar-refractivity contribution in [3.8, 4) is 11.3 Å². The zero-order valence-corrected chi connectivity index (χ0v) is 13.7. The monoisotopic (exact) mass is 354 g/mol. The number of carbonyl (C=O) groups excluding carboxylic acids is 4. The third kappa shape index (κ3) is 3.54. The maximum atomic E-state index is 11.8. The van der Waals surface area contributed by atoms with Crippen molar-refractivity contribution in [1.29, 1.82) is 0 Å². The molecule has 1 fully saturated rings. The average molecular weight is 354 g/mol. The molecule has 8 heteroatoms. The van der Waals surface area contributed by atoms with Gasteiger partial charge in [0.15, 0.2) is 0 Å². The molecule has 0 aliphatic carbocycles. The topological polar surface area (TPSA) is 115 Å². The average Bonchev–Trinajstić information content (AvgIpc) is 3.07. The number of rotatable bonds is 4. The molecule has 2 heterocycles. The van der Waals surface area contributed by atoms with Crippen LogP contribution < -0.4 is 10.6 Å². The van der Waals surface area contributed by atoms with Crippen molar-refractivity contribution in [2.24, 2.45) is 0 Å². The molecule has 0 radical (unpaired) electrons. The summed E-state index contributed by atoms with van der Waals surface area (Å²) in [6, 6.07) is 9.02. The minimum Gasteiger partial charge on any atom is -0.462 e. The molecule has 1 saturated heterocycles. The highest BCUT2D eigenvalue weighted by molar-refractivity contribution is 6.31. The number of nitrogens with one attached hydrogen (secondary N) is 2. The Morgan fingerprint density at radius 3 is 2.54 bits per heavy atom. The first kappa shape index (κ1) is 17.2. The van der Waals surface area contributed by atoms with E-state index in [0.717, 1.165) is 0 Å². The van der Waals surface area contributed by atoms with Crippen LogP contribution in [-0.4, -0.2) is 30.4 Å². The molecule has 2 aromatic rings. The first-order valence-corrected chi connectivity index (χ1v) is 7.73. The summed E-state index contributed by atoms with van der Waals surface area (Å²) in [5.74, 6) is -1.36. The lowest BCUT2D eigenvalue weighted by Gasteiger charge is -2.13. The van der Waals surface area contributed by atoms with Crippen molar-refractivity contribution in [2.45, 2.75) is 6.92 Å². The van der Waals surface area contributed by atoms with Crippen LogP contribution in [0.5, 0.6) is 0 Å². The van der Waals surface area contributed by atoms with Crippen LogP contribution in [0.15, 0.2) is 46.4 Å². The molecule has 1 aliphatic rings. The molecule has 1 aromatic carbocycles. The highest BCUT2D eigenvalue weighted by atomic mass is 16.5. The molecule has 0 saturated carbocycles. The Kier molecular flexibility index (Phi) is 4.66. The number of amides is 4.